The number of aliphatic hydroxyl groups is 2. The average Bonchev–Trinajstić information content (AvgIpc) is 2.90. The number of alkyl halides is 3. The molecule has 4 rings (SSSR count). The van der Waals surface area contributed by atoms with Gasteiger partial charge in [0.05, 0.1) is 17.5 Å². The van der Waals surface area contributed by atoms with E-state index in [9.17, 15) is 52.5 Å². The quantitative estimate of drug-likeness (QED) is 0.205. The number of aliphatic hydroxyl groups excluding tert-OH is 1. The molecule has 0 spiro atoms. The van der Waals surface area contributed by atoms with Gasteiger partial charge in [-0.05, 0) is 49.9 Å². The summed E-state index contributed by atoms with van der Waals surface area (Å²) in [4.78, 5) is 71.5. The highest BCUT2D eigenvalue weighted by atomic mass is 19.4. The van der Waals surface area contributed by atoms with E-state index in [1.165, 1.54) is 24.3 Å². The maximum atomic E-state index is 14.2. The van der Waals surface area contributed by atoms with E-state index in [0.29, 0.717) is 23.4 Å². The fourth-order valence-corrected chi connectivity index (χ4v) is 7.09. The molecule has 3 aliphatic carbocycles. The fourth-order valence-electron chi connectivity index (χ4n) is 7.09. The lowest BCUT2D eigenvalue weighted by molar-refractivity contribution is -0.215. The van der Waals surface area contributed by atoms with E-state index < -0.39 is 76.8 Å². The summed E-state index contributed by atoms with van der Waals surface area (Å²) in [6.07, 6.45) is -8.87. The SMILES string of the molecule is CN(C)c1cc(CNCC(C)(C)C)c(O)c2c1C[C@H]1C[C@H]3[C@H](N(C)C)C(=O)C(C(=O)NC(O)C(F)(F)F)C(=O)[C@@]3(O)C(=O)C1C2=O. The Bertz CT molecular complexity index is 1470. The van der Waals surface area contributed by atoms with Gasteiger partial charge in [-0.15, -0.1) is 0 Å². The number of nitrogens with one attached hydrogen (secondary N) is 2. The summed E-state index contributed by atoms with van der Waals surface area (Å²) in [5.41, 5.74) is -1.86. The molecule has 1 amide bonds. The molecule has 7 atom stereocenters. The van der Waals surface area contributed by atoms with E-state index in [0.717, 1.165) is 0 Å². The third-order valence-electron chi connectivity index (χ3n) is 9.14. The van der Waals surface area contributed by atoms with E-state index in [4.69, 9.17) is 0 Å². The number of phenols is 1. The molecule has 0 saturated heterocycles. The highest BCUT2D eigenvalue weighted by molar-refractivity contribution is 6.32. The number of likely N-dealkylation sites (N-methyl/N-ethyl adjacent to an activating group) is 1. The summed E-state index contributed by atoms with van der Waals surface area (Å²) in [5, 5.41) is 37.0. The number of benzene rings is 1. The van der Waals surface area contributed by atoms with Crippen LogP contribution in [0.5, 0.6) is 5.75 Å². The van der Waals surface area contributed by atoms with Crippen molar-refractivity contribution in [3.8, 4) is 5.75 Å². The number of anilines is 1. The van der Waals surface area contributed by atoms with Crippen LogP contribution < -0.4 is 15.5 Å². The Hall–Kier alpha value is -3.40. The number of rotatable bonds is 7. The van der Waals surface area contributed by atoms with Crippen molar-refractivity contribution in [2.24, 2.45) is 29.1 Å². The van der Waals surface area contributed by atoms with Gasteiger partial charge in [-0.25, -0.2) is 0 Å². The van der Waals surface area contributed by atoms with Crippen molar-refractivity contribution in [3.63, 3.8) is 0 Å². The summed E-state index contributed by atoms with van der Waals surface area (Å²) in [5.74, 6) is -13.6. The van der Waals surface area contributed by atoms with Gasteiger partial charge in [0.2, 0.25) is 12.1 Å². The number of carbonyl (C=O) groups is 5. The summed E-state index contributed by atoms with van der Waals surface area (Å²) in [7, 11) is 6.27. The number of ketones is 4. The Morgan fingerprint density at radius 1 is 1.09 bits per heavy atom. The van der Waals surface area contributed by atoms with Crippen molar-refractivity contribution in [1.29, 1.82) is 0 Å². The molecule has 254 valence electrons. The molecule has 5 N–H and O–H groups in total. The monoisotopic (exact) mass is 654 g/mol. The van der Waals surface area contributed by atoms with Crippen LogP contribution in [-0.4, -0.2) is 108 Å². The molecule has 46 heavy (non-hydrogen) atoms. The minimum absolute atomic E-state index is 0.0745. The van der Waals surface area contributed by atoms with Gasteiger partial charge in [-0.1, -0.05) is 20.8 Å². The zero-order chi connectivity index (χ0) is 34.8. The number of amides is 1. The van der Waals surface area contributed by atoms with Gasteiger partial charge in [0.25, 0.3) is 0 Å². The highest BCUT2D eigenvalue weighted by Crippen LogP contribution is 2.52. The minimum atomic E-state index is -5.33. The van der Waals surface area contributed by atoms with Crippen LogP contribution in [0.3, 0.4) is 0 Å². The molecule has 0 radical (unpaired) electrons. The third kappa shape index (κ3) is 5.93. The van der Waals surface area contributed by atoms with E-state index in [1.807, 2.05) is 20.8 Å². The average molecular weight is 655 g/mol. The number of hydrogen-bond acceptors (Lipinski definition) is 11. The van der Waals surface area contributed by atoms with E-state index in [1.54, 1.807) is 25.1 Å². The van der Waals surface area contributed by atoms with Crippen LogP contribution in [0.4, 0.5) is 18.9 Å². The van der Waals surface area contributed by atoms with Crippen molar-refractivity contribution < 1.29 is 52.5 Å². The molecule has 3 aliphatic rings. The van der Waals surface area contributed by atoms with Gasteiger partial charge in [0.15, 0.2) is 34.7 Å². The Morgan fingerprint density at radius 3 is 2.22 bits per heavy atom. The van der Waals surface area contributed by atoms with Crippen molar-refractivity contribution in [2.75, 3.05) is 39.6 Å². The first-order chi connectivity index (χ1) is 21.0. The molecular weight excluding hydrogens is 613 g/mol. The minimum Gasteiger partial charge on any atom is -0.507 e. The van der Waals surface area contributed by atoms with Gasteiger partial charge >= 0.3 is 6.18 Å². The van der Waals surface area contributed by atoms with Crippen LogP contribution >= 0.6 is 0 Å². The second kappa shape index (κ2) is 12.0. The summed E-state index contributed by atoms with van der Waals surface area (Å²) in [6, 6.07) is 0.272. The Balaban J connectivity index is 1.79. The number of aromatic hydroxyl groups is 1. The second-order valence-electron chi connectivity index (χ2n) is 14.2. The smallest absolute Gasteiger partial charge is 0.433 e. The van der Waals surface area contributed by atoms with Crippen LogP contribution in [0.25, 0.3) is 0 Å². The number of nitrogens with zero attached hydrogens (tertiary/aromatic N) is 2. The van der Waals surface area contributed by atoms with Gasteiger partial charge < -0.3 is 30.9 Å². The lowest BCUT2D eigenvalue weighted by Gasteiger charge is -2.52. The molecule has 0 aliphatic heterocycles. The molecule has 3 unspecified atom stereocenters. The fraction of sp³-hybridized carbons (Fsp3) is 0.645. The predicted molar refractivity (Wildman–Crippen MR) is 158 cm³/mol. The Kier molecular flexibility index (Phi) is 9.25. The van der Waals surface area contributed by atoms with Crippen molar-refractivity contribution in [1.82, 2.24) is 15.5 Å². The first-order valence-electron chi connectivity index (χ1n) is 14.9. The van der Waals surface area contributed by atoms with Crippen molar-refractivity contribution >= 4 is 34.7 Å². The van der Waals surface area contributed by atoms with Crippen molar-refractivity contribution in [2.45, 2.75) is 64.2 Å². The molecule has 0 heterocycles. The number of phenolic OH excluding ortho intramolecular Hbond substituents is 1. The highest BCUT2D eigenvalue weighted by Gasteiger charge is 2.69. The molecule has 0 aromatic heterocycles. The van der Waals surface area contributed by atoms with Crippen LogP contribution in [-0.2, 0) is 32.1 Å². The summed E-state index contributed by atoms with van der Waals surface area (Å²) < 4.78 is 38.9. The van der Waals surface area contributed by atoms with E-state index >= 15 is 0 Å². The zero-order valence-electron chi connectivity index (χ0n) is 26.8. The van der Waals surface area contributed by atoms with Crippen LogP contribution in [0.1, 0.15) is 48.7 Å². The Labute approximate surface area is 264 Å². The van der Waals surface area contributed by atoms with E-state index in [2.05, 4.69) is 5.32 Å². The standard InChI is InChI=1S/C31H41F3N4O8/c1-29(2,3)12-35-11-14-10-17(37(4)5)15-8-13-9-16-21(38(6)7)24(41)20(27(44)36-28(45)31(32,33)34)26(43)30(16,46)25(42)18(13)23(40)19(15)22(14)39/h10,13,16,18,20-21,28,35,39,45-46H,8-9,11-12H2,1-7H3,(H,36,44)/t13-,16-,18?,20?,21-,28?,30-/m0/s1. The molecule has 1 aromatic carbocycles. The molecule has 15 heteroatoms. The topological polar surface area (TPSA) is 177 Å². The lowest BCUT2D eigenvalue weighted by atomic mass is 9.52. The maximum absolute atomic E-state index is 14.2. The lowest BCUT2D eigenvalue weighted by Crippen LogP contribution is -2.74. The van der Waals surface area contributed by atoms with Gasteiger partial charge in [0.1, 0.15) is 5.75 Å². The molecule has 2 fully saturated rings. The summed E-state index contributed by atoms with van der Waals surface area (Å²) >= 11 is 0. The largest absolute Gasteiger partial charge is 0.507 e. The number of fused-ring (bicyclic) bond motifs is 3. The number of Topliss-reactive ketones (excluding diaryl/α,β-unsaturated/α-hetero) is 4. The van der Waals surface area contributed by atoms with Crippen molar-refractivity contribution in [3.05, 3.63) is 22.8 Å². The summed E-state index contributed by atoms with van der Waals surface area (Å²) in [6.45, 7) is 6.81. The molecular formula is C31H41F3N4O8. The third-order valence-corrected chi connectivity index (χ3v) is 9.14. The van der Waals surface area contributed by atoms with Crippen LogP contribution in [0, 0.1) is 29.1 Å². The second-order valence-corrected chi connectivity index (χ2v) is 14.2. The first kappa shape index (κ1) is 35.5. The van der Waals surface area contributed by atoms with Gasteiger partial charge in [-0.2, -0.15) is 13.2 Å². The van der Waals surface area contributed by atoms with Crippen LogP contribution in [0.2, 0.25) is 0 Å². The Morgan fingerprint density at radius 2 is 1.70 bits per heavy atom. The first-order valence-corrected chi connectivity index (χ1v) is 14.9. The molecule has 0 bridgehead atoms. The van der Waals surface area contributed by atoms with Gasteiger partial charge in [0, 0.05) is 44.4 Å². The predicted octanol–water partition coefficient (Wildman–Crippen LogP) is 0.580. The molecule has 2 saturated carbocycles. The molecule has 1 aromatic rings. The van der Waals surface area contributed by atoms with Gasteiger partial charge in [-0.3, -0.25) is 28.9 Å². The molecule has 12 nitrogen and oxygen atoms in total. The maximum Gasteiger partial charge on any atom is 0.433 e. The van der Waals surface area contributed by atoms with Crippen LogP contribution in [0.15, 0.2) is 6.07 Å². The zero-order valence-corrected chi connectivity index (χ0v) is 26.8. The number of carbonyl (C=O) groups excluding carboxylic acids is 5. The normalized spacial score (nSPS) is 28.8. The number of hydrogen-bond donors (Lipinski definition) is 5. The van der Waals surface area contributed by atoms with E-state index in [-0.39, 0.29) is 36.1 Å². The number of halogens is 3.